The molecule has 0 spiro atoms. The van der Waals surface area contributed by atoms with Crippen LogP contribution in [-0.4, -0.2) is 61.2 Å². The summed E-state index contributed by atoms with van der Waals surface area (Å²) in [5.41, 5.74) is 0.949. The highest BCUT2D eigenvalue weighted by Crippen LogP contribution is 2.29. The Bertz CT molecular complexity index is 1360. The summed E-state index contributed by atoms with van der Waals surface area (Å²) in [6.45, 7) is 7.54. The molecule has 11 nitrogen and oxygen atoms in total. The fraction of sp³-hybridized carbons (Fsp3) is 0.419. The van der Waals surface area contributed by atoms with E-state index in [1.807, 2.05) is 32.9 Å². The van der Waals surface area contributed by atoms with Crippen molar-refractivity contribution in [1.82, 2.24) is 15.4 Å². The minimum atomic E-state index is -0.955. The highest BCUT2D eigenvalue weighted by Gasteiger charge is 2.33. The number of aryl methyl sites for hydroxylation is 1. The highest BCUT2D eigenvalue weighted by atomic mass is 16.5. The van der Waals surface area contributed by atoms with Crippen LogP contribution in [0.5, 0.6) is 17.2 Å². The van der Waals surface area contributed by atoms with Crippen LogP contribution in [-0.2, 0) is 20.8 Å². The van der Waals surface area contributed by atoms with Crippen LogP contribution in [0.4, 0.5) is 5.82 Å². The summed E-state index contributed by atoms with van der Waals surface area (Å²) >= 11 is 0. The van der Waals surface area contributed by atoms with Crippen molar-refractivity contribution in [3.63, 3.8) is 0 Å². The first-order chi connectivity index (χ1) is 19.9. The predicted octanol–water partition coefficient (Wildman–Crippen LogP) is 4.45. The van der Waals surface area contributed by atoms with E-state index in [2.05, 4.69) is 15.8 Å². The molecule has 0 saturated heterocycles. The van der Waals surface area contributed by atoms with Gasteiger partial charge < -0.3 is 34.3 Å². The van der Waals surface area contributed by atoms with Crippen LogP contribution in [0, 0.1) is 6.92 Å². The molecular weight excluding hydrogens is 540 g/mol. The number of methoxy groups -OCH3 is 3. The molecule has 0 radical (unpaired) electrons. The van der Waals surface area contributed by atoms with Crippen molar-refractivity contribution in [2.45, 2.75) is 58.5 Å². The van der Waals surface area contributed by atoms with Crippen LogP contribution in [0.3, 0.4) is 0 Å². The molecular formula is C31H40N4O7. The van der Waals surface area contributed by atoms with E-state index in [1.165, 1.54) is 4.90 Å². The molecule has 0 fully saturated rings. The zero-order valence-electron chi connectivity index (χ0n) is 25.3. The lowest BCUT2D eigenvalue weighted by Crippen LogP contribution is -2.49. The lowest BCUT2D eigenvalue weighted by atomic mass is 10.00. The maximum absolute atomic E-state index is 13.8. The number of hydrogen-bond acceptors (Lipinski definition) is 8. The third-order valence-corrected chi connectivity index (χ3v) is 6.36. The molecule has 3 rings (SSSR count). The zero-order chi connectivity index (χ0) is 30.9. The minimum absolute atomic E-state index is 0.103. The van der Waals surface area contributed by atoms with Crippen LogP contribution in [0.15, 0.2) is 53.1 Å². The fourth-order valence-electron chi connectivity index (χ4n) is 4.38. The number of benzene rings is 2. The monoisotopic (exact) mass is 580 g/mol. The second-order valence-electron chi connectivity index (χ2n) is 10.8. The van der Waals surface area contributed by atoms with E-state index in [0.717, 1.165) is 5.56 Å². The molecule has 0 aliphatic rings. The van der Waals surface area contributed by atoms with Gasteiger partial charge >= 0.3 is 0 Å². The Morgan fingerprint density at radius 1 is 0.929 bits per heavy atom. The standard InChI is InChI=1S/C31H40N4O7/c1-20-18-26(34-42-20)32-27(36)14-15-28(37)35(17-16-21-8-13-24(40-6)25(19-21)41-7)29(30(38)33-31(2,3)4)22-9-11-23(39-5)12-10-22/h8-13,18-19,29H,14-17H2,1-7H3,(H,33,38)(H,32,34,36)/t29-/m1/s1. The molecule has 0 aliphatic carbocycles. The van der Waals surface area contributed by atoms with Crippen molar-refractivity contribution in [1.29, 1.82) is 0 Å². The van der Waals surface area contributed by atoms with Crippen molar-refractivity contribution >= 4 is 23.5 Å². The van der Waals surface area contributed by atoms with Gasteiger partial charge in [0.25, 0.3) is 0 Å². The average Bonchev–Trinajstić information content (AvgIpc) is 3.36. The molecule has 1 atom stereocenters. The van der Waals surface area contributed by atoms with Gasteiger partial charge in [-0.3, -0.25) is 14.4 Å². The number of carbonyl (C=O) groups is 3. The molecule has 0 saturated carbocycles. The molecule has 0 aliphatic heterocycles. The van der Waals surface area contributed by atoms with E-state index in [4.69, 9.17) is 18.7 Å². The summed E-state index contributed by atoms with van der Waals surface area (Å²) in [5.74, 6) is 1.51. The first-order valence-electron chi connectivity index (χ1n) is 13.6. The molecule has 2 N–H and O–H groups in total. The Balaban J connectivity index is 1.92. The van der Waals surface area contributed by atoms with Gasteiger partial charge in [0.05, 0.1) is 21.3 Å². The van der Waals surface area contributed by atoms with Gasteiger partial charge in [0.15, 0.2) is 17.3 Å². The van der Waals surface area contributed by atoms with Crippen molar-refractivity contribution < 1.29 is 33.1 Å². The van der Waals surface area contributed by atoms with Gasteiger partial charge in [-0.15, -0.1) is 0 Å². The lowest BCUT2D eigenvalue weighted by molar-refractivity contribution is -0.142. The molecule has 0 unspecified atom stereocenters. The molecule has 1 aromatic heterocycles. The second-order valence-corrected chi connectivity index (χ2v) is 10.8. The third-order valence-electron chi connectivity index (χ3n) is 6.36. The number of ether oxygens (including phenoxy) is 3. The topological polar surface area (TPSA) is 132 Å². The molecule has 2 aromatic carbocycles. The van der Waals surface area contributed by atoms with Crippen molar-refractivity contribution in [3.8, 4) is 17.2 Å². The Morgan fingerprint density at radius 2 is 1.62 bits per heavy atom. The number of amides is 3. The van der Waals surface area contributed by atoms with Crippen molar-refractivity contribution in [2.75, 3.05) is 33.2 Å². The Morgan fingerprint density at radius 3 is 2.19 bits per heavy atom. The first kappa shape index (κ1) is 32.0. The smallest absolute Gasteiger partial charge is 0.247 e. The summed E-state index contributed by atoms with van der Waals surface area (Å²) < 4.78 is 21.1. The summed E-state index contributed by atoms with van der Waals surface area (Å²) in [6.07, 6.45) is 0.198. The Labute approximate surface area is 246 Å². The normalized spacial score (nSPS) is 11.8. The molecule has 42 heavy (non-hydrogen) atoms. The Hall–Kier alpha value is -4.54. The molecule has 1 heterocycles. The predicted molar refractivity (Wildman–Crippen MR) is 158 cm³/mol. The van der Waals surface area contributed by atoms with Crippen molar-refractivity contribution in [2.24, 2.45) is 0 Å². The van der Waals surface area contributed by atoms with E-state index < -0.39 is 17.5 Å². The number of aromatic nitrogens is 1. The molecule has 226 valence electrons. The molecule has 3 aromatic rings. The van der Waals surface area contributed by atoms with Crippen LogP contribution in [0.25, 0.3) is 0 Å². The van der Waals surface area contributed by atoms with E-state index in [-0.39, 0.29) is 37.0 Å². The van der Waals surface area contributed by atoms with E-state index >= 15 is 0 Å². The fourth-order valence-corrected chi connectivity index (χ4v) is 4.38. The number of nitrogens with zero attached hydrogens (tertiary/aromatic N) is 2. The molecule has 0 bridgehead atoms. The maximum atomic E-state index is 13.8. The van der Waals surface area contributed by atoms with Gasteiger partial charge in [-0.25, -0.2) is 0 Å². The number of hydrogen-bond donors (Lipinski definition) is 2. The number of nitrogens with one attached hydrogen (secondary N) is 2. The molecule has 11 heteroatoms. The van der Waals surface area contributed by atoms with Crippen LogP contribution >= 0.6 is 0 Å². The first-order valence-corrected chi connectivity index (χ1v) is 13.6. The highest BCUT2D eigenvalue weighted by molar-refractivity contribution is 5.94. The number of anilines is 1. The SMILES string of the molecule is COc1ccc([C@H](C(=O)NC(C)(C)C)N(CCc2ccc(OC)c(OC)c2)C(=O)CCC(=O)Nc2cc(C)on2)cc1. The van der Waals surface area contributed by atoms with Gasteiger partial charge in [0.1, 0.15) is 17.6 Å². The lowest BCUT2D eigenvalue weighted by Gasteiger charge is -2.34. The number of rotatable bonds is 13. The minimum Gasteiger partial charge on any atom is -0.497 e. The van der Waals surface area contributed by atoms with Crippen molar-refractivity contribution in [3.05, 3.63) is 65.4 Å². The quantitative estimate of drug-likeness (QED) is 0.303. The largest absolute Gasteiger partial charge is 0.497 e. The molecule has 3 amide bonds. The van der Waals surface area contributed by atoms with Gasteiger partial charge in [-0.05, 0) is 69.5 Å². The van der Waals surface area contributed by atoms with E-state index in [0.29, 0.717) is 35.0 Å². The van der Waals surface area contributed by atoms with E-state index in [9.17, 15) is 14.4 Å². The number of carbonyl (C=O) groups excluding carboxylic acids is 3. The maximum Gasteiger partial charge on any atom is 0.247 e. The summed E-state index contributed by atoms with van der Waals surface area (Å²) in [5, 5.41) is 9.41. The summed E-state index contributed by atoms with van der Waals surface area (Å²) in [6, 6.07) is 13.2. The van der Waals surface area contributed by atoms with E-state index in [1.54, 1.807) is 64.7 Å². The van der Waals surface area contributed by atoms with Gasteiger partial charge in [-0.2, -0.15) is 0 Å². The Kier molecular flexibility index (Phi) is 11.0. The second kappa shape index (κ2) is 14.4. The zero-order valence-corrected chi connectivity index (χ0v) is 25.3. The summed E-state index contributed by atoms with van der Waals surface area (Å²) in [4.78, 5) is 41.7. The summed E-state index contributed by atoms with van der Waals surface area (Å²) in [7, 11) is 4.67. The van der Waals surface area contributed by atoms with Crippen LogP contribution in [0.2, 0.25) is 0 Å². The van der Waals surface area contributed by atoms with Gasteiger partial charge in [-0.1, -0.05) is 23.4 Å². The van der Waals surface area contributed by atoms with Gasteiger partial charge in [0, 0.05) is 31.0 Å². The van der Waals surface area contributed by atoms with Gasteiger partial charge in [0.2, 0.25) is 17.7 Å². The van der Waals surface area contributed by atoms with Crippen LogP contribution in [0.1, 0.15) is 56.5 Å². The average molecular weight is 581 g/mol. The third kappa shape index (κ3) is 8.98. The van der Waals surface area contributed by atoms with Crippen LogP contribution < -0.4 is 24.8 Å².